The van der Waals surface area contributed by atoms with E-state index < -0.39 is 0 Å². The van der Waals surface area contributed by atoms with Crippen molar-refractivity contribution in [1.82, 2.24) is 10.2 Å². The fraction of sp³-hybridized carbons (Fsp3) is 0.312. The first-order chi connectivity index (χ1) is 10.7. The summed E-state index contributed by atoms with van der Waals surface area (Å²) in [5.74, 6) is 0.832. The Balaban J connectivity index is 1.55. The number of nitrogens with one attached hydrogen (secondary N) is 2. The molecule has 114 valence electrons. The third-order valence-corrected chi connectivity index (χ3v) is 3.81. The van der Waals surface area contributed by atoms with E-state index in [1.807, 2.05) is 0 Å². The highest BCUT2D eigenvalue weighted by molar-refractivity contribution is 5.92. The molecule has 1 aliphatic rings. The second kappa shape index (κ2) is 6.51. The van der Waals surface area contributed by atoms with E-state index >= 15 is 0 Å². The summed E-state index contributed by atoms with van der Waals surface area (Å²) in [6.07, 6.45) is 3.01. The van der Waals surface area contributed by atoms with E-state index in [0.29, 0.717) is 23.7 Å². The van der Waals surface area contributed by atoms with Crippen molar-refractivity contribution in [3.8, 4) is 0 Å². The minimum atomic E-state index is -0.257. The molecular formula is C16H17FN4O. The fourth-order valence-corrected chi connectivity index (χ4v) is 2.22. The van der Waals surface area contributed by atoms with Crippen LogP contribution in [0.2, 0.25) is 0 Å². The van der Waals surface area contributed by atoms with E-state index in [2.05, 4.69) is 20.8 Å². The highest BCUT2D eigenvalue weighted by Gasteiger charge is 2.25. The van der Waals surface area contributed by atoms with E-state index in [-0.39, 0.29) is 17.6 Å². The SMILES string of the molecule is O=C(Nc1ccc(NCc2ccccc2F)nn1)C1CCC1. The Bertz CT molecular complexity index is 655. The summed E-state index contributed by atoms with van der Waals surface area (Å²) in [6, 6.07) is 9.96. The zero-order valence-electron chi connectivity index (χ0n) is 12.1. The van der Waals surface area contributed by atoms with E-state index in [9.17, 15) is 9.18 Å². The van der Waals surface area contributed by atoms with Gasteiger partial charge in [-0.15, -0.1) is 10.2 Å². The van der Waals surface area contributed by atoms with Gasteiger partial charge in [0.1, 0.15) is 11.6 Å². The minimum Gasteiger partial charge on any atom is -0.364 e. The standard InChI is InChI=1S/C16H17FN4O/c17-13-7-2-1-4-12(13)10-18-14-8-9-15(21-20-14)19-16(22)11-5-3-6-11/h1-2,4,7-9,11H,3,5-6,10H2,(H,18,20)(H,19,21,22). The molecular weight excluding hydrogens is 283 g/mol. The molecule has 3 rings (SSSR count). The molecule has 1 aromatic carbocycles. The van der Waals surface area contributed by atoms with Crippen LogP contribution in [0.25, 0.3) is 0 Å². The third kappa shape index (κ3) is 3.39. The molecule has 0 aliphatic heterocycles. The molecule has 6 heteroatoms. The Labute approximate surface area is 128 Å². The lowest BCUT2D eigenvalue weighted by atomic mass is 9.85. The smallest absolute Gasteiger partial charge is 0.228 e. The van der Waals surface area contributed by atoms with Crippen LogP contribution in [0.15, 0.2) is 36.4 Å². The monoisotopic (exact) mass is 300 g/mol. The Kier molecular flexibility index (Phi) is 4.27. The lowest BCUT2D eigenvalue weighted by Gasteiger charge is -2.23. The van der Waals surface area contributed by atoms with Crippen LogP contribution in [0.1, 0.15) is 24.8 Å². The van der Waals surface area contributed by atoms with Crippen LogP contribution in [0.4, 0.5) is 16.0 Å². The van der Waals surface area contributed by atoms with Crippen molar-refractivity contribution in [2.24, 2.45) is 5.92 Å². The summed E-state index contributed by atoms with van der Waals surface area (Å²) in [7, 11) is 0. The second-order valence-electron chi connectivity index (χ2n) is 5.37. The second-order valence-corrected chi connectivity index (χ2v) is 5.37. The van der Waals surface area contributed by atoms with Gasteiger partial charge in [0.05, 0.1) is 0 Å². The van der Waals surface area contributed by atoms with Gasteiger partial charge in [0.25, 0.3) is 0 Å². The number of amides is 1. The van der Waals surface area contributed by atoms with Gasteiger partial charge in [-0.05, 0) is 31.0 Å². The van der Waals surface area contributed by atoms with Crippen LogP contribution in [0, 0.1) is 11.7 Å². The average Bonchev–Trinajstić information content (AvgIpc) is 2.46. The zero-order chi connectivity index (χ0) is 15.4. The van der Waals surface area contributed by atoms with Crippen LogP contribution in [-0.2, 0) is 11.3 Å². The molecule has 0 atom stereocenters. The van der Waals surface area contributed by atoms with Gasteiger partial charge in [-0.2, -0.15) is 0 Å². The first-order valence-electron chi connectivity index (χ1n) is 7.34. The maximum Gasteiger partial charge on any atom is 0.228 e. The van der Waals surface area contributed by atoms with Crippen molar-refractivity contribution in [2.75, 3.05) is 10.6 Å². The fourth-order valence-electron chi connectivity index (χ4n) is 2.22. The minimum absolute atomic E-state index is 0.00705. The Morgan fingerprint density at radius 3 is 2.50 bits per heavy atom. The predicted octanol–water partition coefficient (Wildman–Crippen LogP) is 2.97. The molecule has 0 bridgehead atoms. The molecule has 0 radical (unpaired) electrons. The van der Waals surface area contributed by atoms with Gasteiger partial charge < -0.3 is 10.6 Å². The van der Waals surface area contributed by atoms with Gasteiger partial charge in [0.2, 0.25) is 5.91 Å². The van der Waals surface area contributed by atoms with E-state index in [0.717, 1.165) is 19.3 Å². The molecule has 2 N–H and O–H groups in total. The van der Waals surface area contributed by atoms with Gasteiger partial charge in [0.15, 0.2) is 5.82 Å². The summed E-state index contributed by atoms with van der Waals surface area (Å²) in [4.78, 5) is 11.8. The molecule has 1 fully saturated rings. The number of rotatable bonds is 5. The van der Waals surface area contributed by atoms with Gasteiger partial charge in [-0.1, -0.05) is 24.6 Å². The average molecular weight is 300 g/mol. The maximum atomic E-state index is 13.5. The van der Waals surface area contributed by atoms with Crippen LogP contribution < -0.4 is 10.6 Å². The Morgan fingerprint density at radius 2 is 1.86 bits per heavy atom. The van der Waals surface area contributed by atoms with Gasteiger partial charge >= 0.3 is 0 Å². The maximum absolute atomic E-state index is 13.5. The first-order valence-corrected chi connectivity index (χ1v) is 7.34. The summed E-state index contributed by atoms with van der Waals surface area (Å²) < 4.78 is 13.5. The van der Waals surface area contributed by atoms with Crippen molar-refractivity contribution in [2.45, 2.75) is 25.8 Å². The number of hydrogen-bond donors (Lipinski definition) is 2. The van der Waals surface area contributed by atoms with E-state index in [1.54, 1.807) is 30.3 Å². The number of hydrogen-bond acceptors (Lipinski definition) is 4. The molecule has 0 spiro atoms. The summed E-state index contributed by atoms with van der Waals surface area (Å²) in [5.41, 5.74) is 0.562. The van der Waals surface area contributed by atoms with Crippen molar-refractivity contribution in [3.05, 3.63) is 47.8 Å². The number of nitrogens with zero attached hydrogens (tertiary/aromatic N) is 2. The predicted molar refractivity (Wildman–Crippen MR) is 81.7 cm³/mol. The number of halogens is 1. The highest BCUT2D eigenvalue weighted by atomic mass is 19.1. The summed E-state index contributed by atoms with van der Waals surface area (Å²) in [5, 5.41) is 13.7. The summed E-state index contributed by atoms with van der Waals surface area (Å²) >= 11 is 0. The van der Waals surface area contributed by atoms with E-state index in [4.69, 9.17) is 0 Å². The zero-order valence-corrected chi connectivity index (χ0v) is 12.1. The Morgan fingerprint density at radius 1 is 1.14 bits per heavy atom. The normalized spacial score (nSPS) is 14.2. The molecule has 1 aliphatic carbocycles. The summed E-state index contributed by atoms with van der Waals surface area (Å²) in [6.45, 7) is 0.329. The molecule has 1 aromatic heterocycles. The highest BCUT2D eigenvalue weighted by Crippen LogP contribution is 2.27. The quantitative estimate of drug-likeness (QED) is 0.891. The molecule has 2 aromatic rings. The Hall–Kier alpha value is -2.50. The van der Waals surface area contributed by atoms with Crippen LogP contribution in [0.3, 0.4) is 0 Å². The largest absolute Gasteiger partial charge is 0.364 e. The van der Waals surface area contributed by atoms with Gasteiger partial charge in [0, 0.05) is 18.0 Å². The molecule has 0 unspecified atom stereocenters. The lowest BCUT2D eigenvalue weighted by molar-refractivity contribution is -0.122. The number of aromatic nitrogens is 2. The van der Waals surface area contributed by atoms with E-state index in [1.165, 1.54) is 6.07 Å². The molecule has 22 heavy (non-hydrogen) atoms. The first kappa shape index (κ1) is 14.4. The van der Waals surface area contributed by atoms with Crippen LogP contribution in [0.5, 0.6) is 0 Å². The van der Waals surface area contributed by atoms with Crippen molar-refractivity contribution in [3.63, 3.8) is 0 Å². The van der Waals surface area contributed by atoms with Crippen LogP contribution >= 0.6 is 0 Å². The van der Waals surface area contributed by atoms with Crippen molar-refractivity contribution >= 4 is 17.5 Å². The van der Waals surface area contributed by atoms with Crippen LogP contribution in [-0.4, -0.2) is 16.1 Å². The van der Waals surface area contributed by atoms with Gasteiger partial charge in [-0.3, -0.25) is 4.79 Å². The third-order valence-electron chi connectivity index (χ3n) is 3.81. The lowest BCUT2D eigenvalue weighted by Crippen LogP contribution is -2.28. The van der Waals surface area contributed by atoms with Crippen molar-refractivity contribution < 1.29 is 9.18 Å². The van der Waals surface area contributed by atoms with Crippen molar-refractivity contribution in [1.29, 1.82) is 0 Å². The molecule has 0 saturated heterocycles. The number of benzene rings is 1. The topological polar surface area (TPSA) is 66.9 Å². The number of carbonyl (C=O) groups excluding carboxylic acids is 1. The molecule has 5 nitrogen and oxygen atoms in total. The number of anilines is 2. The number of carbonyl (C=O) groups is 1. The van der Waals surface area contributed by atoms with Gasteiger partial charge in [-0.25, -0.2) is 4.39 Å². The molecule has 1 heterocycles. The molecule has 1 amide bonds. The molecule has 1 saturated carbocycles.